The SMILES string of the molecule is C/C(=C\C=C\CN1CCc2c(c3cc(C)ccc3n2C)C1)C(F)(F)F. The average molecular weight is 348 g/mol. The fourth-order valence-electron chi connectivity index (χ4n) is 3.42. The van der Waals surface area contributed by atoms with Crippen LogP contribution in [0.4, 0.5) is 13.2 Å². The molecule has 0 radical (unpaired) electrons. The molecule has 134 valence electrons. The minimum Gasteiger partial charge on any atom is -0.347 e. The van der Waals surface area contributed by atoms with Gasteiger partial charge in [-0.05, 0) is 31.5 Å². The number of fused-ring (bicyclic) bond motifs is 3. The molecular formula is C20H23F3N2. The minimum absolute atomic E-state index is 0.575. The second-order valence-corrected chi connectivity index (χ2v) is 6.77. The van der Waals surface area contributed by atoms with Crippen LogP contribution in [0.3, 0.4) is 0 Å². The molecule has 2 aromatic rings. The first kappa shape index (κ1) is 17.8. The van der Waals surface area contributed by atoms with Gasteiger partial charge in [-0.1, -0.05) is 29.9 Å². The van der Waals surface area contributed by atoms with Crippen molar-refractivity contribution in [1.29, 1.82) is 0 Å². The summed E-state index contributed by atoms with van der Waals surface area (Å²) in [5.41, 5.74) is 4.63. The number of allylic oxidation sites excluding steroid dienone is 3. The van der Waals surface area contributed by atoms with E-state index in [9.17, 15) is 13.2 Å². The average Bonchev–Trinajstić information content (AvgIpc) is 2.82. The fourth-order valence-corrected chi connectivity index (χ4v) is 3.42. The first-order valence-electron chi connectivity index (χ1n) is 8.47. The van der Waals surface area contributed by atoms with E-state index in [2.05, 4.69) is 41.6 Å². The minimum atomic E-state index is -4.24. The van der Waals surface area contributed by atoms with Gasteiger partial charge < -0.3 is 4.57 Å². The number of hydrogen-bond acceptors (Lipinski definition) is 1. The Morgan fingerprint density at radius 1 is 1.28 bits per heavy atom. The molecule has 1 aromatic heterocycles. The van der Waals surface area contributed by atoms with Crippen molar-refractivity contribution in [2.24, 2.45) is 7.05 Å². The maximum absolute atomic E-state index is 12.5. The first-order chi connectivity index (χ1) is 11.8. The molecule has 1 aliphatic heterocycles. The number of aromatic nitrogens is 1. The molecule has 2 heterocycles. The van der Waals surface area contributed by atoms with Gasteiger partial charge in [0, 0.05) is 55.3 Å². The number of hydrogen-bond donors (Lipinski definition) is 0. The predicted molar refractivity (Wildman–Crippen MR) is 95.6 cm³/mol. The number of halogens is 3. The van der Waals surface area contributed by atoms with Crippen LogP contribution in [-0.2, 0) is 20.0 Å². The number of nitrogens with zero attached hydrogens (tertiary/aromatic N) is 2. The first-order valence-corrected chi connectivity index (χ1v) is 8.47. The van der Waals surface area contributed by atoms with E-state index in [0.29, 0.717) is 6.54 Å². The van der Waals surface area contributed by atoms with E-state index >= 15 is 0 Å². The molecule has 0 saturated heterocycles. The second kappa shape index (κ2) is 6.71. The topological polar surface area (TPSA) is 8.17 Å². The molecule has 2 nitrogen and oxygen atoms in total. The van der Waals surface area contributed by atoms with Gasteiger partial charge in [0.2, 0.25) is 0 Å². The Hall–Kier alpha value is -2.01. The molecule has 0 atom stereocenters. The highest BCUT2D eigenvalue weighted by Gasteiger charge is 2.29. The second-order valence-electron chi connectivity index (χ2n) is 6.77. The lowest BCUT2D eigenvalue weighted by molar-refractivity contribution is -0.0912. The molecule has 3 rings (SSSR count). The van der Waals surface area contributed by atoms with E-state index in [1.165, 1.54) is 33.8 Å². The molecule has 0 amide bonds. The normalized spacial score (nSPS) is 16.8. The van der Waals surface area contributed by atoms with Gasteiger partial charge in [-0.2, -0.15) is 13.2 Å². The maximum atomic E-state index is 12.5. The number of benzene rings is 1. The summed E-state index contributed by atoms with van der Waals surface area (Å²) >= 11 is 0. The van der Waals surface area contributed by atoms with E-state index in [-0.39, 0.29) is 0 Å². The molecule has 0 spiro atoms. The monoisotopic (exact) mass is 348 g/mol. The van der Waals surface area contributed by atoms with Crippen LogP contribution in [0.5, 0.6) is 0 Å². The lowest BCUT2D eigenvalue weighted by Crippen LogP contribution is -2.31. The Morgan fingerprint density at radius 2 is 2.04 bits per heavy atom. The molecule has 25 heavy (non-hydrogen) atoms. The lowest BCUT2D eigenvalue weighted by Gasteiger charge is -2.26. The van der Waals surface area contributed by atoms with E-state index < -0.39 is 11.7 Å². The van der Waals surface area contributed by atoms with Crippen molar-refractivity contribution < 1.29 is 13.2 Å². The zero-order valence-electron chi connectivity index (χ0n) is 14.8. The fraction of sp³-hybridized carbons (Fsp3) is 0.400. The molecule has 0 aliphatic carbocycles. The Bertz CT molecular complexity index is 841. The summed E-state index contributed by atoms with van der Waals surface area (Å²) in [6, 6.07) is 6.52. The molecule has 0 saturated carbocycles. The zero-order chi connectivity index (χ0) is 18.2. The van der Waals surface area contributed by atoms with E-state index in [1.54, 1.807) is 6.08 Å². The molecule has 5 heteroatoms. The Morgan fingerprint density at radius 3 is 2.76 bits per heavy atom. The predicted octanol–water partition coefficient (Wildman–Crippen LogP) is 4.91. The standard InChI is InChI=1S/C20H23F3N2/c1-14-7-8-18-16(12-14)17-13-25(11-9-19(17)24(18)3)10-5-4-6-15(2)20(21,22)23/h4-8,12H,9-11,13H2,1-3H3/b5-4+,15-6+. The van der Waals surface area contributed by atoms with Gasteiger partial charge in [-0.15, -0.1) is 0 Å². The third-order valence-corrected chi connectivity index (χ3v) is 4.93. The largest absolute Gasteiger partial charge is 0.412 e. The van der Waals surface area contributed by atoms with E-state index in [4.69, 9.17) is 0 Å². The molecule has 0 fully saturated rings. The quantitative estimate of drug-likeness (QED) is 0.716. The van der Waals surface area contributed by atoms with Crippen molar-refractivity contribution in [2.75, 3.05) is 13.1 Å². The van der Waals surface area contributed by atoms with Crippen molar-refractivity contribution >= 4 is 10.9 Å². The van der Waals surface area contributed by atoms with Crippen molar-refractivity contribution in [3.8, 4) is 0 Å². The third kappa shape index (κ3) is 3.66. The highest BCUT2D eigenvalue weighted by atomic mass is 19.4. The number of aryl methyl sites for hydroxylation is 2. The van der Waals surface area contributed by atoms with Gasteiger partial charge >= 0.3 is 6.18 Å². The van der Waals surface area contributed by atoms with Crippen LogP contribution < -0.4 is 0 Å². The van der Waals surface area contributed by atoms with E-state index in [0.717, 1.165) is 32.5 Å². The molecule has 0 unspecified atom stereocenters. The summed E-state index contributed by atoms with van der Waals surface area (Å²) < 4.78 is 39.7. The van der Waals surface area contributed by atoms with Crippen molar-refractivity contribution in [2.45, 2.75) is 33.0 Å². The molecule has 0 N–H and O–H groups in total. The van der Waals surface area contributed by atoms with Crippen LogP contribution in [0.2, 0.25) is 0 Å². The summed E-state index contributed by atoms with van der Waals surface area (Å²) in [5, 5.41) is 1.29. The summed E-state index contributed by atoms with van der Waals surface area (Å²) in [6.45, 7) is 5.60. The zero-order valence-corrected chi connectivity index (χ0v) is 14.8. The van der Waals surface area contributed by atoms with Crippen LogP contribution in [0.15, 0.2) is 42.0 Å². The van der Waals surface area contributed by atoms with Gasteiger partial charge in [0.05, 0.1) is 0 Å². The van der Waals surface area contributed by atoms with Crippen molar-refractivity contribution in [1.82, 2.24) is 9.47 Å². The summed E-state index contributed by atoms with van der Waals surface area (Å²) in [4.78, 5) is 2.28. The van der Waals surface area contributed by atoms with Gasteiger partial charge in [0.1, 0.15) is 0 Å². The lowest BCUT2D eigenvalue weighted by atomic mass is 10.0. The van der Waals surface area contributed by atoms with Gasteiger partial charge in [0.25, 0.3) is 0 Å². The highest BCUT2D eigenvalue weighted by molar-refractivity contribution is 5.86. The van der Waals surface area contributed by atoms with Gasteiger partial charge in [-0.3, -0.25) is 4.90 Å². The summed E-state index contributed by atoms with van der Waals surface area (Å²) in [7, 11) is 2.11. The summed E-state index contributed by atoms with van der Waals surface area (Å²) in [6.07, 6.45) is 1.16. The van der Waals surface area contributed by atoms with Gasteiger partial charge in [-0.25, -0.2) is 0 Å². The Labute approximate surface area is 146 Å². The van der Waals surface area contributed by atoms with Crippen molar-refractivity contribution in [3.63, 3.8) is 0 Å². The van der Waals surface area contributed by atoms with Crippen LogP contribution in [0, 0.1) is 6.92 Å². The third-order valence-electron chi connectivity index (χ3n) is 4.93. The Kier molecular flexibility index (Phi) is 4.78. The van der Waals surface area contributed by atoms with E-state index in [1.807, 2.05) is 0 Å². The van der Waals surface area contributed by atoms with Crippen molar-refractivity contribution in [3.05, 3.63) is 58.8 Å². The van der Waals surface area contributed by atoms with Crippen LogP contribution >= 0.6 is 0 Å². The molecular weight excluding hydrogens is 325 g/mol. The van der Waals surface area contributed by atoms with Crippen LogP contribution in [0.25, 0.3) is 10.9 Å². The molecule has 1 aliphatic rings. The molecule has 0 bridgehead atoms. The highest BCUT2D eigenvalue weighted by Crippen LogP contribution is 2.30. The maximum Gasteiger partial charge on any atom is 0.412 e. The summed E-state index contributed by atoms with van der Waals surface area (Å²) in [5.74, 6) is 0. The number of alkyl halides is 3. The Balaban J connectivity index is 1.74. The van der Waals surface area contributed by atoms with Crippen LogP contribution in [0.1, 0.15) is 23.7 Å². The van der Waals surface area contributed by atoms with Crippen LogP contribution in [-0.4, -0.2) is 28.7 Å². The smallest absolute Gasteiger partial charge is 0.347 e. The molecule has 1 aromatic carbocycles. The van der Waals surface area contributed by atoms with Gasteiger partial charge in [0.15, 0.2) is 0 Å². The number of rotatable bonds is 3.